The van der Waals surface area contributed by atoms with Gasteiger partial charge in [-0.05, 0) is 78.8 Å². The molecule has 0 bridgehead atoms. The van der Waals surface area contributed by atoms with Crippen LogP contribution in [0.5, 0.6) is 0 Å². The second-order valence-corrected chi connectivity index (χ2v) is 11.3. The fraction of sp³-hybridized carbons (Fsp3) is 0.222. The molecule has 0 radical (unpaired) electrons. The molecule has 0 aliphatic carbocycles. The Morgan fingerprint density at radius 2 is 1.41 bits per heavy atom. The molecule has 1 amide bonds. The summed E-state index contributed by atoms with van der Waals surface area (Å²) in [7, 11) is 0. The van der Waals surface area contributed by atoms with Crippen LogP contribution in [-0.2, 0) is 6.54 Å². The SMILES string of the molecule is Cc1ccc(Cn2cc(C(=O)N3CCC(N)CC3)c3cc(-c4ccc(C#N)cc4)c(-c4ccc(C)cc4)cc32)cc1. The van der Waals surface area contributed by atoms with E-state index in [4.69, 9.17) is 5.73 Å². The molecule has 204 valence electrons. The van der Waals surface area contributed by atoms with Crippen LogP contribution in [-0.4, -0.2) is 34.5 Å². The van der Waals surface area contributed by atoms with Gasteiger partial charge >= 0.3 is 0 Å². The fourth-order valence-electron chi connectivity index (χ4n) is 5.74. The average molecular weight is 539 g/mol. The summed E-state index contributed by atoms with van der Waals surface area (Å²) in [5.74, 6) is 0.0541. The number of nitrogens with two attached hydrogens (primary N) is 1. The molecule has 5 heteroatoms. The minimum absolute atomic E-state index is 0.0541. The van der Waals surface area contributed by atoms with Crippen molar-refractivity contribution in [2.24, 2.45) is 5.73 Å². The predicted octanol–water partition coefficient (Wildman–Crippen LogP) is 7.08. The largest absolute Gasteiger partial charge is 0.342 e. The molecule has 0 unspecified atom stereocenters. The Morgan fingerprint density at radius 3 is 2.02 bits per heavy atom. The molecule has 1 aliphatic rings. The maximum Gasteiger partial charge on any atom is 0.256 e. The van der Waals surface area contributed by atoms with Crippen LogP contribution in [0.2, 0.25) is 0 Å². The van der Waals surface area contributed by atoms with Gasteiger partial charge in [0.05, 0.1) is 17.2 Å². The standard InChI is InChI=1S/C36H34N4O/c1-24-3-7-27(8-4-24)22-40-23-34(36(41)39-17-15-30(38)16-18-39)33-19-31(29-13-9-26(21-37)10-14-29)32(20-35(33)40)28-11-5-25(2)6-12-28/h3-14,19-20,23,30H,15-18,22,38H2,1-2H3. The number of fused-ring (bicyclic) bond motifs is 1. The van der Waals surface area contributed by atoms with E-state index in [9.17, 15) is 10.1 Å². The van der Waals surface area contributed by atoms with Crippen LogP contribution >= 0.6 is 0 Å². The number of rotatable bonds is 5. The smallest absolute Gasteiger partial charge is 0.256 e. The lowest BCUT2D eigenvalue weighted by atomic mass is 9.91. The summed E-state index contributed by atoms with van der Waals surface area (Å²) >= 11 is 0. The molecule has 0 atom stereocenters. The van der Waals surface area contributed by atoms with Gasteiger partial charge in [-0.15, -0.1) is 0 Å². The van der Waals surface area contributed by atoms with E-state index in [1.54, 1.807) is 0 Å². The van der Waals surface area contributed by atoms with Crippen LogP contribution in [0, 0.1) is 25.2 Å². The Morgan fingerprint density at radius 1 is 0.854 bits per heavy atom. The third kappa shape index (κ3) is 5.39. The summed E-state index contributed by atoms with van der Waals surface area (Å²) in [5, 5.41) is 10.3. The van der Waals surface area contributed by atoms with Crippen molar-refractivity contribution in [2.45, 2.75) is 39.3 Å². The normalized spacial score (nSPS) is 13.9. The Hall–Kier alpha value is -4.66. The third-order valence-corrected chi connectivity index (χ3v) is 8.24. The number of piperidine rings is 1. The highest BCUT2D eigenvalue weighted by atomic mass is 16.2. The number of aryl methyl sites for hydroxylation is 2. The lowest BCUT2D eigenvalue weighted by Crippen LogP contribution is -2.42. The summed E-state index contributed by atoms with van der Waals surface area (Å²) in [5.41, 5.74) is 16.4. The van der Waals surface area contributed by atoms with E-state index in [0.717, 1.165) is 46.0 Å². The van der Waals surface area contributed by atoms with Crippen molar-refractivity contribution in [3.8, 4) is 28.3 Å². The number of hydrogen-bond donors (Lipinski definition) is 1. The molecule has 0 spiro atoms. The van der Waals surface area contributed by atoms with Gasteiger partial charge in [0, 0.05) is 42.8 Å². The van der Waals surface area contributed by atoms with E-state index in [-0.39, 0.29) is 11.9 Å². The number of hydrogen-bond acceptors (Lipinski definition) is 3. The van der Waals surface area contributed by atoms with Crippen molar-refractivity contribution in [2.75, 3.05) is 13.1 Å². The van der Waals surface area contributed by atoms with Gasteiger partial charge < -0.3 is 15.2 Å². The van der Waals surface area contributed by atoms with E-state index in [1.807, 2.05) is 35.4 Å². The first-order chi connectivity index (χ1) is 19.9. The molecule has 0 saturated carbocycles. The molecular formula is C36H34N4O. The molecule has 4 aromatic carbocycles. The lowest BCUT2D eigenvalue weighted by molar-refractivity contribution is 0.0716. The highest BCUT2D eigenvalue weighted by molar-refractivity contribution is 6.09. The van der Waals surface area contributed by atoms with Gasteiger partial charge in [-0.1, -0.05) is 71.8 Å². The molecule has 6 rings (SSSR count). The summed E-state index contributed by atoms with van der Waals surface area (Å²) in [6, 6.07) is 31.6. The Labute approximate surface area is 241 Å². The molecule has 1 saturated heterocycles. The Balaban J connectivity index is 1.56. The van der Waals surface area contributed by atoms with Crippen molar-refractivity contribution in [3.05, 3.63) is 119 Å². The minimum atomic E-state index is 0.0541. The molecule has 5 nitrogen and oxygen atoms in total. The van der Waals surface area contributed by atoms with E-state index in [0.29, 0.717) is 30.8 Å². The minimum Gasteiger partial charge on any atom is -0.342 e. The number of nitrogens with zero attached hydrogens (tertiary/aromatic N) is 3. The zero-order valence-electron chi connectivity index (χ0n) is 23.6. The summed E-state index contributed by atoms with van der Waals surface area (Å²) in [6.45, 7) is 6.20. The number of likely N-dealkylation sites (tertiary alicyclic amines) is 1. The van der Waals surface area contributed by atoms with Crippen LogP contribution in [0.4, 0.5) is 0 Å². The van der Waals surface area contributed by atoms with Gasteiger partial charge in [-0.25, -0.2) is 0 Å². The van der Waals surface area contributed by atoms with Gasteiger partial charge in [-0.2, -0.15) is 5.26 Å². The van der Waals surface area contributed by atoms with E-state index in [1.165, 1.54) is 16.7 Å². The van der Waals surface area contributed by atoms with Crippen molar-refractivity contribution >= 4 is 16.8 Å². The maximum absolute atomic E-state index is 14.0. The number of amides is 1. The average Bonchev–Trinajstić information content (AvgIpc) is 3.35. The molecule has 5 aromatic rings. The van der Waals surface area contributed by atoms with Crippen LogP contribution in [0.15, 0.2) is 91.1 Å². The second-order valence-electron chi connectivity index (χ2n) is 11.3. The fourth-order valence-corrected chi connectivity index (χ4v) is 5.74. The first kappa shape index (κ1) is 26.6. The number of carbonyl (C=O) groups is 1. The van der Waals surface area contributed by atoms with E-state index >= 15 is 0 Å². The quantitative estimate of drug-likeness (QED) is 0.260. The number of aromatic nitrogens is 1. The predicted molar refractivity (Wildman–Crippen MR) is 166 cm³/mol. The molecule has 1 aliphatic heterocycles. The molecule has 2 N–H and O–H groups in total. The summed E-state index contributed by atoms with van der Waals surface area (Å²) in [6.07, 6.45) is 3.67. The molecule has 1 fully saturated rings. The van der Waals surface area contributed by atoms with Gasteiger partial charge in [-0.3, -0.25) is 4.79 Å². The van der Waals surface area contributed by atoms with Crippen LogP contribution in [0.25, 0.3) is 33.2 Å². The van der Waals surface area contributed by atoms with Crippen molar-refractivity contribution in [1.29, 1.82) is 5.26 Å². The monoisotopic (exact) mass is 538 g/mol. The van der Waals surface area contributed by atoms with Gasteiger partial charge in [0.15, 0.2) is 0 Å². The molecule has 2 heterocycles. The topological polar surface area (TPSA) is 75.1 Å². The Bertz CT molecular complexity index is 1750. The number of benzene rings is 4. The highest BCUT2D eigenvalue weighted by Crippen LogP contribution is 2.38. The van der Waals surface area contributed by atoms with Gasteiger partial charge in [0.25, 0.3) is 5.91 Å². The number of carbonyl (C=O) groups excluding carboxylic acids is 1. The summed E-state index contributed by atoms with van der Waals surface area (Å²) < 4.78 is 2.21. The van der Waals surface area contributed by atoms with Crippen LogP contribution < -0.4 is 5.73 Å². The van der Waals surface area contributed by atoms with Crippen LogP contribution in [0.3, 0.4) is 0 Å². The molecule has 41 heavy (non-hydrogen) atoms. The Kier molecular flexibility index (Phi) is 7.17. The molecule has 1 aromatic heterocycles. The van der Waals surface area contributed by atoms with E-state index in [2.05, 4.69) is 85.1 Å². The van der Waals surface area contributed by atoms with Crippen LogP contribution in [0.1, 0.15) is 45.5 Å². The van der Waals surface area contributed by atoms with E-state index < -0.39 is 0 Å². The number of nitriles is 1. The van der Waals surface area contributed by atoms with Gasteiger partial charge in [0.2, 0.25) is 0 Å². The lowest BCUT2D eigenvalue weighted by Gasteiger charge is -2.30. The first-order valence-electron chi connectivity index (χ1n) is 14.2. The zero-order chi connectivity index (χ0) is 28.5. The summed E-state index contributed by atoms with van der Waals surface area (Å²) in [4.78, 5) is 15.9. The maximum atomic E-state index is 14.0. The highest BCUT2D eigenvalue weighted by Gasteiger charge is 2.26. The molecular weight excluding hydrogens is 504 g/mol. The second kappa shape index (κ2) is 11.1. The van der Waals surface area contributed by atoms with Crippen molar-refractivity contribution in [1.82, 2.24) is 9.47 Å². The van der Waals surface area contributed by atoms with Crippen molar-refractivity contribution in [3.63, 3.8) is 0 Å². The van der Waals surface area contributed by atoms with Crippen molar-refractivity contribution < 1.29 is 4.79 Å². The third-order valence-electron chi connectivity index (χ3n) is 8.24. The van der Waals surface area contributed by atoms with Gasteiger partial charge in [0.1, 0.15) is 0 Å². The first-order valence-corrected chi connectivity index (χ1v) is 14.2. The zero-order valence-corrected chi connectivity index (χ0v) is 23.6.